The Morgan fingerprint density at radius 2 is 2.00 bits per heavy atom. The summed E-state index contributed by atoms with van der Waals surface area (Å²) in [5.41, 5.74) is 0.845. The predicted octanol–water partition coefficient (Wildman–Crippen LogP) is 3.64. The van der Waals surface area contributed by atoms with Gasteiger partial charge < -0.3 is 10.1 Å². The van der Waals surface area contributed by atoms with Crippen LogP contribution in [0.5, 0.6) is 5.75 Å². The van der Waals surface area contributed by atoms with E-state index in [2.05, 4.69) is 21.9 Å². The van der Waals surface area contributed by atoms with Crippen molar-refractivity contribution in [2.75, 3.05) is 19.6 Å². The van der Waals surface area contributed by atoms with E-state index in [4.69, 9.17) is 0 Å². The van der Waals surface area contributed by atoms with E-state index >= 15 is 0 Å². The molecule has 1 aromatic rings. The summed E-state index contributed by atoms with van der Waals surface area (Å²) < 4.78 is 29.8. The van der Waals surface area contributed by atoms with Crippen LogP contribution in [0, 0.1) is 0 Å². The van der Waals surface area contributed by atoms with Crippen molar-refractivity contribution in [1.82, 2.24) is 10.2 Å². The Labute approximate surface area is 131 Å². The average molecular weight is 312 g/mol. The summed E-state index contributed by atoms with van der Waals surface area (Å²) >= 11 is 0. The molecule has 1 saturated heterocycles. The zero-order valence-electron chi connectivity index (χ0n) is 13.2. The third-order valence-corrected chi connectivity index (χ3v) is 4.19. The van der Waals surface area contributed by atoms with Crippen molar-refractivity contribution >= 4 is 0 Å². The number of hydrogen-bond donors (Lipinski definition) is 1. The summed E-state index contributed by atoms with van der Waals surface area (Å²) in [5.74, 6) is 0.299. The molecular weight excluding hydrogens is 286 g/mol. The molecule has 1 aliphatic heterocycles. The van der Waals surface area contributed by atoms with Crippen LogP contribution in [0.2, 0.25) is 0 Å². The molecule has 0 radical (unpaired) electrons. The maximum absolute atomic E-state index is 12.6. The number of ether oxygens (including phenoxy) is 1. The number of nitrogens with one attached hydrogen (secondary N) is 1. The Hall–Kier alpha value is -1.20. The SMILES string of the molecule is CCCCN(Cc1ccccc1OC(F)F)C1CCNCC1. The molecule has 124 valence electrons. The minimum absolute atomic E-state index is 0.299. The monoisotopic (exact) mass is 312 g/mol. The lowest BCUT2D eigenvalue weighted by Crippen LogP contribution is -2.43. The number of para-hydroxylation sites is 1. The van der Waals surface area contributed by atoms with Crippen LogP contribution >= 0.6 is 0 Å². The second-order valence-electron chi connectivity index (χ2n) is 5.79. The van der Waals surface area contributed by atoms with Crippen molar-refractivity contribution in [3.05, 3.63) is 29.8 Å². The van der Waals surface area contributed by atoms with E-state index in [1.807, 2.05) is 12.1 Å². The van der Waals surface area contributed by atoms with Crippen LogP contribution in [0.15, 0.2) is 24.3 Å². The number of unbranched alkanes of at least 4 members (excludes halogenated alkanes) is 1. The Bertz CT molecular complexity index is 436. The van der Waals surface area contributed by atoms with E-state index in [0.717, 1.165) is 50.9 Å². The number of piperidine rings is 1. The molecule has 0 unspecified atom stereocenters. The molecule has 0 bridgehead atoms. The predicted molar refractivity (Wildman–Crippen MR) is 84.3 cm³/mol. The summed E-state index contributed by atoms with van der Waals surface area (Å²) in [5, 5.41) is 3.38. The van der Waals surface area contributed by atoms with Crippen LogP contribution in [0.1, 0.15) is 38.2 Å². The van der Waals surface area contributed by atoms with Crippen molar-refractivity contribution in [3.8, 4) is 5.75 Å². The van der Waals surface area contributed by atoms with Gasteiger partial charge in [0, 0.05) is 18.2 Å². The highest BCUT2D eigenvalue weighted by atomic mass is 19.3. The Morgan fingerprint density at radius 1 is 1.27 bits per heavy atom. The average Bonchev–Trinajstić information content (AvgIpc) is 2.53. The molecule has 1 aromatic carbocycles. The van der Waals surface area contributed by atoms with E-state index in [9.17, 15) is 8.78 Å². The molecule has 1 aliphatic rings. The number of alkyl halides is 2. The van der Waals surface area contributed by atoms with E-state index in [1.54, 1.807) is 12.1 Å². The minimum atomic E-state index is -2.77. The zero-order valence-corrected chi connectivity index (χ0v) is 13.2. The number of halogens is 2. The summed E-state index contributed by atoms with van der Waals surface area (Å²) in [6.07, 6.45) is 4.49. The molecule has 22 heavy (non-hydrogen) atoms. The van der Waals surface area contributed by atoms with E-state index in [-0.39, 0.29) is 0 Å². The topological polar surface area (TPSA) is 24.5 Å². The van der Waals surface area contributed by atoms with Crippen molar-refractivity contribution in [2.45, 2.75) is 51.8 Å². The normalized spacial score (nSPS) is 16.4. The van der Waals surface area contributed by atoms with Gasteiger partial charge in [0.1, 0.15) is 5.75 Å². The molecule has 3 nitrogen and oxygen atoms in total. The first kappa shape index (κ1) is 17.2. The third-order valence-electron chi connectivity index (χ3n) is 4.19. The molecule has 0 atom stereocenters. The first-order valence-corrected chi connectivity index (χ1v) is 8.18. The Morgan fingerprint density at radius 3 is 2.68 bits per heavy atom. The summed E-state index contributed by atoms with van der Waals surface area (Å²) in [4.78, 5) is 2.43. The standard InChI is InChI=1S/C17H26F2N2O/c1-2-3-12-21(15-8-10-20-11-9-15)13-14-6-4-5-7-16(14)22-17(18)19/h4-7,15,17,20H,2-3,8-13H2,1H3. The van der Waals surface area contributed by atoms with Gasteiger partial charge in [-0.1, -0.05) is 31.5 Å². The largest absolute Gasteiger partial charge is 0.434 e. The highest BCUT2D eigenvalue weighted by Crippen LogP contribution is 2.24. The lowest BCUT2D eigenvalue weighted by Gasteiger charge is -2.35. The van der Waals surface area contributed by atoms with Crippen LogP contribution in [-0.2, 0) is 6.54 Å². The first-order valence-electron chi connectivity index (χ1n) is 8.18. The second kappa shape index (κ2) is 9.06. The number of hydrogen-bond acceptors (Lipinski definition) is 3. The molecule has 0 spiro atoms. The molecule has 1 N–H and O–H groups in total. The van der Waals surface area contributed by atoms with Crippen molar-refractivity contribution in [2.24, 2.45) is 0 Å². The van der Waals surface area contributed by atoms with Crippen LogP contribution in [0.3, 0.4) is 0 Å². The van der Waals surface area contributed by atoms with Crippen molar-refractivity contribution in [3.63, 3.8) is 0 Å². The Kier molecular flexibility index (Phi) is 7.06. The van der Waals surface area contributed by atoms with Crippen LogP contribution in [0.25, 0.3) is 0 Å². The molecule has 0 aliphatic carbocycles. The van der Waals surface area contributed by atoms with E-state index < -0.39 is 6.61 Å². The van der Waals surface area contributed by atoms with Gasteiger partial charge in [0.2, 0.25) is 0 Å². The smallest absolute Gasteiger partial charge is 0.387 e. The highest BCUT2D eigenvalue weighted by molar-refractivity contribution is 5.33. The van der Waals surface area contributed by atoms with Crippen molar-refractivity contribution in [1.29, 1.82) is 0 Å². The fourth-order valence-corrected chi connectivity index (χ4v) is 2.99. The quantitative estimate of drug-likeness (QED) is 0.793. The fraction of sp³-hybridized carbons (Fsp3) is 0.647. The van der Waals surface area contributed by atoms with Gasteiger partial charge in [-0.05, 0) is 45.0 Å². The van der Waals surface area contributed by atoms with Gasteiger partial charge >= 0.3 is 6.61 Å². The maximum atomic E-state index is 12.6. The zero-order chi connectivity index (χ0) is 15.8. The summed E-state index contributed by atoms with van der Waals surface area (Å²) in [6, 6.07) is 7.66. The van der Waals surface area contributed by atoms with Gasteiger partial charge in [-0.15, -0.1) is 0 Å². The molecule has 0 aromatic heterocycles. The van der Waals surface area contributed by atoms with Gasteiger partial charge in [-0.3, -0.25) is 4.90 Å². The molecule has 1 fully saturated rings. The lowest BCUT2D eigenvalue weighted by atomic mass is 10.0. The van der Waals surface area contributed by atoms with Gasteiger partial charge in [0.15, 0.2) is 0 Å². The third kappa shape index (κ3) is 5.21. The fourth-order valence-electron chi connectivity index (χ4n) is 2.99. The van der Waals surface area contributed by atoms with Gasteiger partial charge in [0.05, 0.1) is 0 Å². The second-order valence-corrected chi connectivity index (χ2v) is 5.79. The number of rotatable bonds is 8. The molecular formula is C17H26F2N2O. The van der Waals surface area contributed by atoms with Gasteiger partial charge in [-0.2, -0.15) is 8.78 Å². The van der Waals surface area contributed by atoms with Crippen molar-refractivity contribution < 1.29 is 13.5 Å². The lowest BCUT2D eigenvalue weighted by molar-refractivity contribution is -0.0509. The van der Waals surface area contributed by atoms with E-state index in [1.165, 1.54) is 0 Å². The molecule has 0 amide bonds. The van der Waals surface area contributed by atoms with Gasteiger partial charge in [0.25, 0.3) is 0 Å². The first-order chi connectivity index (χ1) is 10.7. The van der Waals surface area contributed by atoms with E-state index in [0.29, 0.717) is 18.3 Å². The van der Waals surface area contributed by atoms with Crippen LogP contribution in [-0.4, -0.2) is 37.2 Å². The summed E-state index contributed by atoms with van der Waals surface area (Å²) in [7, 11) is 0. The summed E-state index contributed by atoms with van der Waals surface area (Å²) in [6.45, 7) is 3.14. The molecule has 1 heterocycles. The molecule has 2 rings (SSSR count). The van der Waals surface area contributed by atoms with Crippen LogP contribution < -0.4 is 10.1 Å². The minimum Gasteiger partial charge on any atom is -0.434 e. The molecule has 0 saturated carbocycles. The Balaban J connectivity index is 2.08. The number of nitrogens with zero attached hydrogens (tertiary/aromatic N) is 1. The van der Waals surface area contributed by atoms with Crippen LogP contribution in [0.4, 0.5) is 8.78 Å². The van der Waals surface area contributed by atoms with Gasteiger partial charge in [-0.25, -0.2) is 0 Å². The molecule has 5 heteroatoms. The maximum Gasteiger partial charge on any atom is 0.387 e. The highest BCUT2D eigenvalue weighted by Gasteiger charge is 2.22. The number of benzene rings is 1.